The van der Waals surface area contributed by atoms with Crippen LogP contribution in [0.2, 0.25) is 0 Å². The molecule has 2 heterocycles. The van der Waals surface area contributed by atoms with Crippen LogP contribution in [0, 0.1) is 23.2 Å². The number of benzene rings is 2. The maximum atomic E-state index is 9.58. The van der Waals surface area contributed by atoms with E-state index in [1.807, 2.05) is 30.6 Å². The lowest BCUT2D eigenvalue weighted by atomic mass is 9.93. The number of aromatic nitrogens is 2. The molecule has 2 aromatic carbocycles. The first-order chi connectivity index (χ1) is 15.5. The molecule has 4 nitrogen and oxygen atoms in total. The molecule has 0 amide bonds. The van der Waals surface area contributed by atoms with Crippen LogP contribution >= 0.6 is 0 Å². The lowest BCUT2D eigenvalue weighted by Gasteiger charge is -2.37. The molecule has 0 saturated carbocycles. The lowest BCUT2D eigenvalue weighted by Crippen LogP contribution is -2.44. The lowest BCUT2D eigenvalue weighted by molar-refractivity contribution is 0.104. The van der Waals surface area contributed by atoms with Gasteiger partial charge in [-0.3, -0.25) is 4.90 Å². The number of hydrogen-bond donors (Lipinski definition) is 0. The Bertz CT molecular complexity index is 1120. The predicted octanol–water partition coefficient (Wildman–Crippen LogP) is 5.89. The quantitative estimate of drug-likeness (QED) is 0.474. The summed E-state index contributed by atoms with van der Waals surface area (Å²) in [7, 11) is 0. The summed E-state index contributed by atoms with van der Waals surface area (Å²) >= 11 is 0. The molecular formula is C28H32N4. The summed E-state index contributed by atoms with van der Waals surface area (Å²) in [5.41, 5.74) is 7.73. The van der Waals surface area contributed by atoms with Crippen molar-refractivity contribution in [3.8, 4) is 28.6 Å². The third-order valence-electron chi connectivity index (χ3n) is 6.24. The van der Waals surface area contributed by atoms with Gasteiger partial charge in [-0.25, -0.2) is 9.97 Å². The molecule has 0 bridgehead atoms. The van der Waals surface area contributed by atoms with Crippen molar-refractivity contribution >= 4 is 0 Å². The number of nitriles is 1. The van der Waals surface area contributed by atoms with Crippen LogP contribution in [0.5, 0.6) is 0 Å². The maximum absolute atomic E-state index is 9.58. The Morgan fingerprint density at radius 1 is 1.06 bits per heavy atom. The zero-order valence-electron chi connectivity index (χ0n) is 19.6. The molecule has 1 saturated heterocycles. The summed E-state index contributed by atoms with van der Waals surface area (Å²) in [6.45, 7) is 12.3. The largest absolute Gasteiger partial charge is 0.298 e. The molecule has 0 atom stereocenters. The van der Waals surface area contributed by atoms with E-state index in [-0.39, 0.29) is 0 Å². The van der Waals surface area contributed by atoms with Gasteiger partial charge in [0.15, 0.2) is 5.82 Å². The van der Waals surface area contributed by atoms with Gasteiger partial charge in [0.05, 0.1) is 11.6 Å². The molecule has 3 aromatic rings. The van der Waals surface area contributed by atoms with Crippen LogP contribution in [-0.4, -0.2) is 28.0 Å². The van der Waals surface area contributed by atoms with Crippen molar-refractivity contribution in [2.24, 2.45) is 11.8 Å². The second-order valence-electron chi connectivity index (χ2n) is 9.47. The minimum Gasteiger partial charge on any atom is -0.298 e. The Hall–Kier alpha value is -3.03. The fourth-order valence-electron chi connectivity index (χ4n) is 4.72. The molecule has 4 heteroatoms. The highest BCUT2D eigenvalue weighted by molar-refractivity contribution is 5.69. The van der Waals surface area contributed by atoms with E-state index in [4.69, 9.17) is 0 Å². The second-order valence-corrected chi connectivity index (χ2v) is 9.47. The van der Waals surface area contributed by atoms with E-state index in [2.05, 4.69) is 66.8 Å². The highest BCUT2D eigenvalue weighted by atomic mass is 15.2. The Morgan fingerprint density at radius 2 is 1.81 bits per heavy atom. The van der Waals surface area contributed by atoms with Crippen LogP contribution < -0.4 is 0 Å². The topological polar surface area (TPSA) is 52.8 Å². The molecule has 1 aliphatic heterocycles. The number of hydrogen-bond acceptors (Lipinski definition) is 4. The number of nitrogens with zero attached hydrogens (tertiary/aromatic N) is 4. The third-order valence-corrected chi connectivity index (χ3v) is 6.24. The Kier molecular flexibility index (Phi) is 6.67. The Labute approximate surface area is 192 Å². The van der Waals surface area contributed by atoms with Gasteiger partial charge < -0.3 is 0 Å². The van der Waals surface area contributed by atoms with Gasteiger partial charge in [-0.05, 0) is 53.0 Å². The molecule has 1 aliphatic rings. The summed E-state index contributed by atoms with van der Waals surface area (Å²) in [6, 6.07) is 14.9. The van der Waals surface area contributed by atoms with Crippen molar-refractivity contribution in [2.75, 3.05) is 13.1 Å². The molecule has 164 valence electrons. The number of rotatable bonds is 7. The molecule has 0 radical (unpaired) electrons. The average molecular weight is 425 g/mol. The minimum absolute atomic E-state index is 0.511. The first-order valence-electron chi connectivity index (χ1n) is 11.7. The molecule has 32 heavy (non-hydrogen) atoms. The van der Waals surface area contributed by atoms with Gasteiger partial charge in [-0.15, -0.1) is 0 Å². The van der Waals surface area contributed by atoms with Gasteiger partial charge in [0, 0.05) is 43.2 Å². The van der Waals surface area contributed by atoms with E-state index in [0.717, 1.165) is 42.0 Å². The van der Waals surface area contributed by atoms with E-state index >= 15 is 0 Å². The molecule has 1 aromatic heterocycles. The van der Waals surface area contributed by atoms with Crippen LogP contribution in [0.15, 0.2) is 48.8 Å². The molecule has 1 fully saturated rings. The predicted molar refractivity (Wildman–Crippen MR) is 130 cm³/mol. The summed E-state index contributed by atoms with van der Waals surface area (Å²) in [5, 5.41) is 9.58. The van der Waals surface area contributed by atoms with E-state index in [1.54, 1.807) is 0 Å². The summed E-state index contributed by atoms with van der Waals surface area (Å²) in [6.07, 6.45) is 5.72. The van der Waals surface area contributed by atoms with Crippen LogP contribution in [0.4, 0.5) is 0 Å². The second kappa shape index (κ2) is 9.63. The zero-order valence-corrected chi connectivity index (χ0v) is 19.6. The summed E-state index contributed by atoms with van der Waals surface area (Å²) < 4.78 is 0. The minimum atomic E-state index is 0.511. The van der Waals surface area contributed by atoms with E-state index < -0.39 is 0 Å². The Morgan fingerprint density at radius 3 is 2.44 bits per heavy atom. The van der Waals surface area contributed by atoms with Crippen LogP contribution in [0.25, 0.3) is 22.5 Å². The van der Waals surface area contributed by atoms with Gasteiger partial charge >= 0.3 is 0 Å². The van der Waals surface area contributed by atoms with Crippen LogP contribution in [0.1, 0.15) is 49.9 Å². The number of likely N-dealkylation sites (tertiary alicyclic amines) is 1. The van der Waals surface area contributed by atoms with Crippen molar-refractivity contribution in [3.63, 3.8) is 0 Å². The van der Waals surface area contributed by atoms with E-state index in [9.17, 15) is 5.26 Å². The van der Waals surface area contributed by atoms with Crippen molar-refractivity contribution in [3.05, 3.63) is 71.0 Å². The standard InChI is InChI=1S/C28H32N4/c1-5-26-23(18-32-16-20(4)17-32)7-6-8-27(26)25-14-30-28(31-15-25)22-10-9-21(11-19(2)3)24(12-22)13-29/h6-10,12,14-15,19-20H,5,11,16-18H2,1-4H3. The Balaban J connectivity index is 1.60. The fraction of sp³-hybridized carbons (Fsp3) is 0.393. The van der Waals surface area contributed by atoms with Crippen molar-refractivity contribution < 1.29 is 0 Å². The SMILES string of the molecule is CCc1c(CN2CC(C)C2)cccc1-c1cnc(-c2ccc(CC(C)C)c(C#N)c2)nc1. The molecular weight excluding hydrogens is 392 g/mol. The highest BCUT2D eigenvalue weighted by Crippen LogP contribution is 2.29. The first-order valence-corrected chi connectivity index (χ1v) is 11.7. The zero-order chi connectivity index (χ0) is 22.7. The van der Waals surface area contributed by atoms with Crippen LogP contribution in [0.3, 0.4) is 0 Å². The third kappa shape index (κ3) is 4.74. The first kappa shape index (κ1) is 22.2. The summed E-state index contributed by atoms with van der Waals surface area (Å²) in [5.74, 6) is 1.98. The monoisotopic (exact) mass is 424 g/mol. The molecule has 0 aliphatic carbocycles. The van der Waals surface area contributed by atoms with Crippen molar-refractivity contribution in [2.45, 2.75) is 47.1 Å². The van der Waals surface area contributed by atoms with Crippen LogP contribution in [-0.2, 0) is 19.4 Å². The highest BCUT2D eigenvalue weighted by Gasteiger charge is 2.23. The smallest absolute Gasteiger partial charge is 0.159 e. The van der Waals surface area contributed by atoms with Gasteiger partial charge in [-0.2, -0.15) is 5.26 Å². The fourth-order valence-corrected chi connectivity index (χ4v) is 4.72. The van der Waals surface area contributed by atoms with Crippen molar-refractivity contribution in [1.29, 1.82) is 5.26 Å². The average Bonchev–Trinajstić information content (AvgIpc) is 2.78. The molecule has 0 unspecified atom stereocenters. The molecule has 0 spiro atoms. The molecule has 4 rings (SSSR count). The summed E-state index contributed by atoms with van der Waals surface area (Å²) in [4.78, 5) is 11.8. The van der Waals surface area contributed by atoms with Gasteiger partial charge in [0.25, 0.3) is 0 Å². The van der Waals surface area contributed by atoms with E-state index in [1.165, 1.54) is 29.8 Å². The van der Waals surface area contributed by atoms with Gasteiger partial charge in [0.2, 0.25) is 0 Å². The van der Waals surface area contributed by atoms with Gasteiger partial charge in [0.1, 0.15) is 0 Å². The van der Waals surface area contributed by atoms with E-state index in [0.29, 0.717) is 17.3 Å². The maximum Gasteiger partial charge on any atom is 0.159 e. The van der Waals surface area contributed by atoms with Crippen molar-refractivity contribution in [1.82, 2.24) is 14.9 Å². The van der Waals surface area contributed by atoms with Gasteiger partial charge in [-0.1, -0.05) is 58.0 Å². The molecule has 0 N–H and O–H groups in total. The normalized spacial score (nSPS) is 14.4.